The minimum Gasteiger partial charge on any atom is -0.311 e. The second kappa shape index (κ2) is 11.2. The normalized spacial score (nSPS) is 11.5. The Morgan fingerprint density at radius 3 is 1.66 bits per heavy atom. The number of para-hydroxylation sites is 2. The first-order chi connectivity index (χ1) is 18.8. The number of rotatable bonds is 7. The van der Waals surface area contributed by atoms with Crippen molar-refractivity contribution < 1.29 is 0 Å². The summed E-state index contributed by atoms with van der Waals surface area (Å²) in [5.41, 5.74) is 5.84. The van der Waals surface area contributed by atoms with Gasteiger partial charge in [-0.1, -0.05) is 103 Å². The van der Waals surface area contributed by atoms with Gasteiger partial charge in [0.15, 0.2) is 0 Å². The predicted molar refractivity (Wildman–Crippen MR) is 167 cm³/mol. The fourth-order valence-electron chi connectivity index (χ4n) is 4.63. The first-order valence-corrected chi connectivity index (χ1v) is 13.6. The molecular weight excluding hydrogens is 478 g/mol. The zero-order valence-electron chi connectivity index (χ0n) is 20.9. The lowest BCUT2D eigenvalue weighted by molar-refractivity contribution is 1.28. The minimum atomic E-state index is 1.14. The zero-order chi connectivity index (χ0) is 25.6. The lowest BCUT2D eigenvalue weighted by Gasteiger charge is -2.25. The quantitative estimate of drug-likeness (QED) is 0.208. The van der Waals surface area contributed by atoms with Crippen LogP contribution >= 0.6 is 11.3 Å². The largest absolute Gasteiger partial charge is 0.311 e. The summed E-state index contributed by atoms with van der Waals surface area (Å²) >= 11 is 1.80. The summed E-state index contributed by atoms with van der Waals surface area (Å²) in [4.78, 5) is 4.76. The van der Waals surface area contributed by atoms with Crippen molar-refractivity contribution in [1.82, 2.24) is 0 Å². The smallest absolute Gasteiger partial charge is 0.0462 e. The van der Waals surface area contributed by atoms with Crippen LogP contribution in [0.5, 0.6) is 0 Å². The maximum atomic E-state index is 2.28. The average Bonchev–Trinajstić information content (AvgIpc) is 3.45. The molecule has 1 aromatic heterocycles. The Bertz CT molecular complexity index is 1650. The second-order valence-corrected chi connectivity index (χ2v) is 10.2. The summed E-state index contributed by atoms with van der Waals surface area (Å²) in [5, 5.41) is 2.55. The molecule has 0 saturated carbocycles. The molecule has 0 bridgehead atoms. The average molecular weight is 506 g/mol. The van der Waals surface area contributed by atoms with Crippen LogP contribution in [-0.2, 0) is 0 Å². The molecule has 1 nitrogen and oxygen atoms in total. The van der Waals surface area contributed by atoms with Gasteiger partial charge in [-0.15, -0.1) is 11.3 Å². The van der Waals surface area contributed by atoms with Gasteiger partial charge < -0.3 is 4.90 Å². The molecule has 6 aromatic rings. The molecule has 6 rings (SSSR count). The highest BCUT2D eigenvalue weighted by atomic mass is 32.1. The molecule has 1 heterocycles. The van der Waals surface area contributed by atoms with Crippen LogP contribution in [0.4, 0.5) is 17.1 Å². The standard InChI is InChI=1S/C36H27NS/c1-3-13-31(14-4-1)37(32-15-5-2-6-16-32)33-22-18-28(19-23-33)20-24-34-26-27-35(38-34)25-21-30-12-9-11-29-10-7-8-17-36(29)30/h1-27H. The molecule has 0 aliphatic rings. The van der Waals surface area contributed by atoms with Crippen molar-refractivity contribution in [1.29, 1.82) is 0 Å². The molecule has 0 spiro atoms. The molecule has 0 N–H and O–H groups in total. The molecule has 182 valence electrons. The lowest BCUT2D eigenvalue weighted by atomic mass is 10.0. The summed E-state index contributed by atoms with van der Waals surface area (Å²) in [7, 11) is 0. The van der Waals surface area contributed by atoms with Crippen LogP contribution in [0, 0.1) is 0 Å². The maximum absolute atomic E-state index is 2.28. The highest BCUT2D eigenvalue weighted by molar-refractivity contribution is 7.13. The van der Waals surface area contributed by atoms with E-state index < -0.39 is 0 Å². The van der Waals surface area contributed by atoms with Crippen LogP contribution in [0.1, 0.15) is 20.9 Å². The Labute approximate surface area is 228 Å². The van der Waals surface area contributed by atoms with Crippen molar-refractivity contribution in [3.05, 3.63) is 160 Å². The summed E-state index contributed by atoms with van der Waals surface area (Å²) in [6.07, 6.45) is 8.80. The van der Waals surface area contributed by atoms with E-state index in [4.69, 9.17) is 0 Å². The van der Waals surface area contributed by atoms with Gasteiger partial charge in [0.1, 0.15) is 0 Å². The minimum absolute atomic E-state index is 1.14. The van der Waals surface area contributed by atoms with Gasteiger partial charge in [-0.3, -0.25) is 0 Å². The number of thiophene rings is 1. The summed E-state index contributed by atoms with van der Waals surface area (Å²) in [6, 6.07) is 49.1. The van der Waals surface area contributed by atoms with Gasteiger partial charge in [0.05, 0.1) is 0 Å². The number of fused-ring (bicyclic) bond motifs is 1. The van der Waals surface area contributed by atoms with E-state index in [2.05, 4.69) is 169 Å². The van der Waals surface area contributed by atoms with Gasteiger partial charge in [-0.05, 0) is 82.6 Å². The highest BCUT2D eigenvalue weighted by Gasteiger charge is 2.11. The summed E-state index contributed by atoms with van der Waals surface area (Å²) in [5.74, 6) is 0. The predicted octanol–water partition coefficient (Wildman–Crippen LogP) is 10.7. The van der Waals surface area contributed by atoms with Crippen molar-refractivity contribution in [2.24, 2.45) is 0 Å². The monoisotopic (exact) mass is 505 g/mol. The van der Waals surface area contributed by atoms with E-state index in [-0.39, 0.29) is 0 Å². The molecule has 0 saturated heterocycles. The van der Waals surface area contributed by atoms with Crippen LogP contribution < -0.4 is 4.90 Å². The van der Waals surface area contributed by atoms with Crippen LogP contribution in [0.15, 0.2) is 140 Å². The molecule has 0 aliphatic carbocycles. The third-order valence-electron chi connectivity index (χ3n) is 6.52. The van der Waals surface area contributed by atoms with E-state index in [0.717, 1.165) is 17.1 Å². The van der Waals surface area contributed by atoms with Crippen molar-refractivity contribution in [3.63, 3.8) is 0 Å². The Kier molecular flexibility index (Phi) is 6.97. The highest BCUT2D eigenvalue weighted by Crippen LogP contribution is 2.34. The van der Waals surface area contributed by atoms with Crippen molar-refractivity contribution in [2.75, 3.05) is 4.90 Å². The fourth-order valence-corrected chi connectivity index (χ4v) is 5.45. The van der Waals surface area contributed by atoms with Gasteiger partial charge in [0.25, 0.3) is 0 Å². The molecule has 0 radical (unpaired) electrons. The van der Waals surface area contributed by atoms with Crippen LogP contribution in [0.2, 0.25) is 0 Å². The van der Waals surface area contributed by atoms with Crippen LogP contribution in [-0.4, -0.2) is 0 Å². The van der Waals surface area contributed by atoms with E-state index in [1.54, 1.807) is 11.3 Å². The number of nitrogens with zero attached hydrogens (tertiary/aromatic N) is 1. The van der Waals surface area contributed by atoms with Gasteiger partial charge in [-0.2, -0.15) is 0 Å². The number of anilines is 3. The molecule has 0 aliphatic heterocycles. The molecule has 2 heteroatoms. The number of benzene rings is 5. The fraction of sp³-hybridized carbons (Fsp3) is 0. The molecular formula is C36H27NS. The Hall–Kier alpha value is -4.66. The summed E-state index contributed by atoms with van der Waals surface area (Å²) < 4.78 is 0. The summed E-state index contributed by atoms with van der Waals surface area (Å²) in [6.45, 7) is 0. The van der Waals surface area contributed by atoms with Crippen molar-refractivity contribution in [3.8, 4) is 0 Å². The molecule has 0 atom stereocenters. The van der Waals surface area contributed by atoms with E-state index in [1.807, 2.05) is 0 Å². The van der Waals surface area contributed by atoms with Crippen molar-refractivity contribution in [2.45, 2.75) is 0 Å². The SMILES string of the molecule is C(=Cc1ccc(C=Cc2cccc3ccccc23)s1)c1ccc(N(c2ccccc2)c2ccccc2)cc1. The topological polar surface area (TPSA) is 3.24 Å². The molecule has 5 aromatic carbocycles. The molecule has 0 unspecified atom stereocenters. The maximum Gasteiger partial charge on any atom is 0.0462 e. The zero-order valence-corrected chi connectivity index (χ0v) is 21.8. The lowest BCUT2D eigenvalue weighted by Crippen LogP contribution is -2.09. The first-order valence-electron chi connectivity index (χ1n) is 12.8. The van der Waals surface area contributed by atoms with E-state index in [1.165, 1.54) is 31.7 Å². The Balaban J connectivity index is 1.18. The second-order valence-electron chi connectivity index (χ2n) is 9.07. The van der Waals surface area contributed by atoms with Crippen LogP contribution in [0.25, 0.3) is 35.1 Å². The molecule has 38 heavy (non-hydrogen) atoms. The van der Waals surface area contributed by atoms with Crippen molar-refractivity contribution >= 4 is 63.5 Å². The number of hydrogen-bond donors (Lipinski definition) is 0. The van der Waals surface area contributed by atoms with Gasteiger partial charge >= 0.3 is 0 Å². The van der Waals surface area contributed by atoms with Gasteiger partial charge in [-0.25, -0.2) is 0 Å². The van der Waals surface area contributed by atoms with Gasteiger partial charge in [0, 0.05) is 26.8 Å². The van der Waals surface area contributed by atoms with Crippen LogP contribution in [0.3, 0.4) is 0 Å². The number of hydrogen-bond acceptors (Lipinski definition) is 2. The van der Waals surface area contributed by atoms with E-state index >= 15 is 0 Å². The molecule has 0 amide bonds. The third kappa shape index (κ3) is 5.36. The molecule has 0 fully saturated rings. The van der Waals surface area contributed by atoms with E-state index in [0.29, 0.717) is 0 Å². The first kappa shape index (κ1) is 23.7. The Morgan fingerprint density at radius 1 is 0.421 bits per heavy atom. The van der Waals surface area contributed by atoms with E-state index in [9.17, 15) is 0 Å². The Morgan fingerprint density at radius 2 is 0.974 bits per heavy atom. The third-order valence-corrected chi connectivity index (χ3v) is 7.53. The van der Waals surface area contributed by atoms with Gasteiger partial charge in [0.2, 0.25) is 0 Å².